The number of carbonyl (C=O) groups excluding carboxylic acids is 2. The summed E-state index contributed by atoms with van der Waals surface area (Å²) in [5.41, 5.74) is 0.0653. The van der Waals surface area contributed by atoms with E-state index in [1.54, 1.807) is 11.0 Å². The summed E-state index contributed by atoms with van der Waals surface area (Å²) in [5.74, 6) is -1.70. The third kappa shape index (κ3) is 1.70. The number of rotatable bonds is 3. The van der Waals surface area contributed by atoms with E-state index in [1.807, 2.05) is 24.3 Å². The topological polar surface area (TPSA) is 88.1 Å². The van der Waals surface area contributed by atoms with Crippen LogP contribution in [0, 0.1) is 11.8 Å². The van der Waals surface area contributed by atoms with Crippen molar-refractivity contribution in [3.63, 3.8) is 0 Å². The van der Waals surface area contributed by atoms with E-state index in [2.05, 4.69) is 0 Å². The molecule has 0 aromatic heterocycles. The predicted octanol–water partition coefficient (Wildman–Crippen LogP) is -0.553. The monoisotopic (exact) mass is 328 g/mol. The summed E-state index contributed by atoms with van der Waals surface area (Å²) in [5, 5.41) is 11.4. The summed E-state index contributed by atoms with van der Waals surface area (Å²) in [4.78, 5) is 25.9. The molecule has 0 radical (unpaired) electrons. The molecule has 2 bridgehead atoms. The summed E-state index contributed by atoms with van der Waals surface area (Å²) >= 11 is 0. The summed E-state index contributed by atoms with van der Waals surface area (Å²) < 4.78 is 16.5. The molecule has 2 fully saturated rings. The van der Waals surface area contributed by atoms with E-state index in [4.69, 9.17) is 14.2 Å². The zero-order valence-corrected chi connectivity index (χ0v) is 12.6. The van der Waals surface area contributed by atoms with Gasteiger partial charge in [0.2, 0.25) is 12.7 Å². The van der Waals surface area contributed by atoms with Gasteiger partial charge >= 0.3 is 0 Å². The molecule has 0 aliphatic carbocycles. The molecule has 7 heteroatoms. The van der Waals surface area contributed by atoms with Gasteiger partial charge in [0, 0.05) is 18.4 Å². The number of amides is 1. The average Bonchev–Trinajstić information content (AvgIpc) is 3.28. The minimum absolute atomic E-state index is 0.194. The normalized spacial score (nSPS) is 34.9. The third-order valence-electron chi connectivity index (χ3n) is 5.26. The zero-order valence-electron chi connectivity index (χ0n) is 12.6. The fourth-order valence-corrected chi connectivity index (χ4v) is 4.24. The van der Waals surface area contributed by atoms with Crippen LogP contribution in [0.15, 0.2) is 30.4 Å². The van der Waals surface area contributed by atoms with Crippen LogP contribution < -0.4 is 14.6 Å². The largest absolute Gasteiger partial charge is 0.550 e. The molecule has 1 spiro atoms. The summed E-state index contributed by atoms with van der Waals surface area (Å²) in [6, 6.07) is 5.52. The molecule has 4 aliphatic heterocycles. The molecule has 0 unspecified atom stereocenters. The quantitative estimate of drug-likeness (QED) is 0.692. The van der Waals surface area contributed by atoms with Crippen LogP contribution in [0.1, 0.15) is 5.56 Å². The van der Waals surface area contributed by atoms with Gasteiger partial charge in [-0.25, -0.2) is 0 Å². The molecular formula is C17H14NO6-. The Kier molecular flexibility index (Phi) is 2.60. The fourth-order valence-electron chi connectivity index (χ4n) is 4.24. The highest BCUT2D eigenvalue weighted by atomic mass is 16.7. The number of carboxylic acid groups (broad SMARTS) is 1. The number of nitrogens with zero attached hydrogens (tertiary/aromatic N) is 1. The maximum absolute atomic E-state index is 12.8. The van der Waals surface area contributed by atoms with Crippen molar-refractivity contribution in [2.24, 2.45) is 11.8 Å². The molecule has 5 rings (SSSR count). The van der Waals surface area contributed by atoms with Gasteiger partial charge in [-0.05, 0) is 17.7 Å². The standard InChI is InChI=1S/C17H15NO6/c19-15-14-13(16(20)21)11-3-4-17(14,24-11)7-18(15)6-9-1-2-10-12(5-9)23-8-22-10/h1-5,11,13-14H,6-8H2,(H,20,21)/p-1/t11-,13-,14+,17-/m0/s1. The highest BCUT2D eigenvalue weighted by Crippen LogP contribution is 2.51. The second-order valence-corrected chi connectivity index (χ2v) is 6.60. The van der Waals surface area contributed by atoms with Crippen LogP contribution in [-0.2, 0) is 20.9 Å². The molecule has 1 aromatic carbocycles. The number of benzene rings is 1. The molecule has 24 heavy (non-hydrogen) atoms. The van der Waals surface area contributed by atoms with Crippen LogP contribution in [-0.4, -0.2) is 41.8 Å². The lowest BCUT2D eigenvalue weighted by atomic mass is 9.77. The number of ether oxygens (including phenoxy) is 3. The Morgan fingerprint density at radius 3 is 3.00 bits per heavy atom. The van der Waals surface area contributed by atoms with Gasteiger partial charge in [0.1, 0.15) is 5.60 Å². The molecule has 7 nitrogen and oxygen atoms in total. The highest BCUT2D eigenvalue weighted by Gasteiger charge is 2.65. The van der Waals surface area contributed by atoms with Crippen molar-refractivity contribution in [2.45, 2.75) is 18.2 Å². The number of hydrogen-bond donors (Lipinski definition) is 0. The Morgan fingerprint density at radius 1 is 1.33 bits per heavy atom. The minimum atomic E-state index is -1.23. The second-order valence-electron chi connectivity index (χ2n) is 6.60. The maximum Gasteiger partial charge on any atom is 0.231 e. The van der Waals surface area contributed by atoms with Crippen LogP contribution >= 0.6 is 0 Å². The molecular weight excluding hydrogens is 314 g/mol. The number of carbonyl (C=O) groups is 2. The van der Waals surface area contributed by atoms with E-state index in [0.717, 1.165) is 5.56 Å². The summed E-state index contributed by atoms with van der Waals surface area (Å²) in [6.07, 6.45) is 3.00. The second kappa shape index (κ2) is 4.51. The molecule has 0 saturated carbocycles. The van der Waals surface area contributed by atoms with Gasteiger partial charge in [-0.3, -0.25) is 4.79 Å². The number of likely N-dealkylation sites (tertiary alicyclic amines) is 1. The van der Waals surface area contributed by atoms with Crippen molar-refractivity contribution in [2.75, 3.05) is 13.3 Å². The smallest absolute Gasteiger partial charge is 0.231 e. The molecule has 1 aromatic rings. The minimum Gasteiger partial charge on any atom is -0.550 e. The number of carboxylic acids is 1. The van der Waals surface area contributed by atoms with Gasteiger partial charge in [-0.1, -0.05) is 18.2 Å². The van der Waals surface area contributed by atoms with Gasteiger partial charge in [-0.15, -0.1) is 0 Å². The third-order valence-corrected chi connectivity index (χ3v) is 5.26. The van der Waals surface area contributed by atoms with Crippen LogP contribution in [0.5, 0.6) is 11.5 Å². The average molecular weight is 328 g/mol. The van der Waals surface area contributed by atoms with Gasteiger partial charge in [0.05, 0.1) is 18.6 Å². The number of aliphatic carboxylic acids is 1. The first kappa shape index (κ1) is 13.9. The Balaban J connectivity index is 1.42. The molecule has 4 heterocycles. The van der Waals surface area contributed by atoms with E-state index >= 15 is 0 Å². The Hall–Kier alpha value is -2.54. The van der Waals surface area contributed by atoms with Gasteiger partial charge < -0.3 is 29.0 Å². The van der Waals surface area contributed by atoms with Crippen LogP contribution in [0.4, 0.5) is 0 Å². The van der Waals surface area contributed by atoms with E-state index in [0.29, 0.717) is 24.6 Å². The molecule has 2 saturated heterocycles. The van der Waals surface area contributed by atoms with Crippen molar-refractivity contribution in [3.05, 3.63) is 35.9 Å². The number of hydrogen-bond acceptors (Lipinski definition) is 6. The number of fused-ring (bicyclic) bond motifs is 2. The zero-order chi connectivity index (χ0) is 16.5. The Labute approximate surface area is 137 Å². The summed E-state index contributed by atoms with van der Waals surface area (Å²) in [6.45, 7) is 0.914. The fraction of sp³-hybridized carbons (Fsp3) is 0.412. The first-order chi connectivity index (χ1) is 11.6. The predicted molar refractivity (Wildman–Crippen MR) is 76.7 cm³/mol. The first-order valence-electron chi connectivity index (χ1n) is 7.83. The highest BCUT2D eigenvalue weighted by molar-refractivity contribution is 5.90. The van der Waals surface area contributed by atoms with E-state index in [1.165, 1.54) is 0 Å². The van der Waals surface area contributed by atoms with E-state index in [9.17, 15) is 14.7 Å². The first-order valence-corrected chi connectivity index (χ1v) is 7.83. The van der Waals surface area contributed by atoms with Crippen molar-refractivity contribution in [1.29, 1.82) is 0 Å². The van der Waals surface area contributed by atoms with Gasteiger partial charge in [0.25, 0.3) is 0 Å². The molecule has 4 atom stereocenters. The van der Waals surface area contributed by atoms with Crippen LogP contribution in [0.3, 0.4) is 0 Å². The SMILES string of the molecule is O=C([O-])[C@H]1[C@@H]2C=C[C@@]3(CN(Cc4ccc5c(c4)OCO5)C(=O)[C@@H]13)O2. The van der Waals surface area contributed by atoms with Crippen molar-refractivity contribution >= 4 is 11.9 Å². The van der Waals surface area contributed by atoms with E-state index < -0.39 is 29.5 Å². The molecule has 0 N–H and O–H groups in total. The van der Waals surface area contributed by atoms with E-state index in [-0.39, 0.29) is 12.7 Å². The lowest BCUT2D eigenvalue weighted by Crippen LogP contribution is -2.45. The molecule has 1 amide bonds. The Morgan fingerprint density at radius 2 is 2.17 bits per heavy atom. The van der Waals surface area contributed by atoms with Crippen molar-refractivity contribution in [1.82, 2.24) is 4.90 Å². The van der Waals surface area contributed by atoms with Crippen molar-refractivity contribution in [3.8, 4) is 11.5 Å². The van der Waals surface area contributed by atoms with Crippen LogP contribution in [0.25, 0.3) is 0 Å². The lowest BCUT2D eigenvalue weighted by molar-refractivity contribution is -0.313. The van der Waals surface area contributed by atoms with Crippen LogP contribution in [0.2, 0.25) is 0 Å². The maximum atomic E-state index is 12.8. The Bertz CT molecular complexity index is 789. The summed E-state index contributed by atoms with van der Waals surface area (Å²) in [7, 11) is 0. The molecule has 124 valence electrons. The van der Waals surface area contributed by atoms with Crippen molar-refractivity contribution < 1.29 is 28.9 Å². The lowest BCUT2D eigenvalue weighted by Gasteiger charge is -2.24. The van der Waals surface area contributed by atoms with Gasteiger partial charge in [-0.2, -0.15) is 0 Å². The van der Waals surface area contributed by atoms with Gasteiger partial charge in [0.15, 0.2) is 11.5 Å². The molecule has 4 aliphatic rings.